The maximum absolute atomic E-state index is 10.5. The Hall–Kier alpha value is -0.710. The fourth-order valence-electron chi connectivity index (χ4n) is 0.751. The van der Waals surface area contributed by atoms with Gasteiger partial charge < -0.3 is 5.26 Å². The lowest BCUT2D eigenvalue weighted by Gasteiger charge is -2.00. The largest absolute Gasteiger partial charge is 0.456 e. The topological polar surface area (TPSA) is 35.0 Å². The summed E-state index contributed by atoms with van der Waals surface area (Å²) in [6.07, 6.45) is 0. The van der Waals surface area contributed by atoms with E-state index in [-0.39, 0.29) is 0 Å². The zero-order valence-electron chi connectivity index (χ0n) is 4.94. The Labute approximate surface area is 62.0 Å². The number of benzene rings is 1. The van der Waals surface area contributed by atoms with Gasteiger partial charge >= 0.3 is 0 Å². The molecule has 2 rings (SSSR count). The van der Waals surface area contributed by atoms with Crippen molar-refractivity contribution in [2.45, 2.75) is 4.90 Å². The quantitative estimate of drug-likeness (QED) is 0.317. The third-order valence-electron chi connectivity index (χ3n) is 1.16. The van der Waals surface area contributed by atoms with E-state index >= 15 is 0 Å². The summed E-state index contributed by atoms with van der Waals surface area (Å²) in [5.74, 6) is 0.604. The van der Waals surface area contributed by atoms with Crippen LogP contribution in [0.1, 0.15) is 0 Å². The van der Waals surface area contributed by atoms with E-state index in [0.717, 1.165) is 16.9 Å². The van der Waals surface area contributed by atoms with Crippen LogP contribution in [0.25, 0.3) is 0 Å². The summed E-state index contributed by atoms with van der Waals surface area (Å²) in [7, 11) is 0. The van der Waals surface area contributed by atoms with E-state index in [2.05, 4.69) is 4.89 Å². The minimum atomic E-state index is 0.604. The molecule has 0 amide bonds. The van der Waals surface area contributed by atoms with E-state index in [4.69, 9.17) is 0 Å². The van der Waals surface area contributed by atoms with Gasteiger partial charge in [-0.3, -0.25) is 0 Å². The van der Waals surface area contributed by atoms with Gasteiger partial charge in [-0.25, -0.2) is 4.89 Å². The Bertz CT molecular complexity index is 226. The van der Waals surface area contributed by atoms with Crippen LogP contribution in [0, 0.1) is 0 Å². The molecule has 0 radical (unpaired) electrons. The third kappa shape index (κ3) is 0.862. The lowest BCUT2D eigenvalue weighted by molar-refractivity contribution is -0.818. The predicted octanol–water partition coefficient (Wildman–Crippen LogP) is 0.829. The molecule has 0 fully saturated rings. The van der Waals surface area contributed by atoms with Crippen molar-refractivity contribution in [1.29, 1.82) is 0 Å². The molecule has 0 aromatic heterocycles. The van der Waals surface area contributed by atoms with Gasteiger partial charge in [-0.1, -0.05) is 12.1 Å². The van der Waals surface area contributed by atoms with E-state index < -0.39 is 0 Å². The monoisotopic (exact) mass is 156 g/mol. The van der Waals surface area contributed by atoms with Crippen LogP contribution in [0.3, 0.4) is 0 Å². The van der Waals surface area contributed by atoms with Crippen LogP contribution < -0.4 is 10.1 Å². The summed E-state index contributed by atoms with van der Waals surface area (Å²) in [6.45, 7) is 0. The predicted molar refractivity (Wildman–Crippen MR) is 34.0 cm³/mol. The SMILES string of the molecule is [O-][O+]1Oc2ccccc2S1. The van der Waals surface area contributed by atoms with Gasteiger partial charge in [0.05, 0.1) is 0 Å². The molecule has 0 bridgehead atoms. The Morgan fingerprint density at radius 1 is 1.40 bits per heavy atom. The van der Waals surface area contributed by atoms with E-state index in [0.29, 0.717) is 5.75 Å². The average Bonchev–Trinajstić information content (AvgIpc) is 2.27. The molecule has 0 aliphatic carbocycles. The Morgan fingerprint density at radius 2 is 2.20 bits per heavy atom. The van der Waals surface area contributed by atoms with Crippen molar-refractivity contribution in [3.63, 3.8) is 0 Å². The Morgan fingerprint density at radius 3 is 3.00 bits per heavy atom. The number of para-hydroxylation sites is 1. The van der Waals surface area contributed by atoms with Gasteiger partial charge in [0.2, 0.25) is 5.75 Å². The highest BCUT2D eigenvalue weighted by Crippen LogP contribution is 2.39. The average molecular weight is 156 g/mol. The Kier molecular flexibility index (Phi) is 1.30. The summed E-state index contributed by atoms with van der Waals surface area (Å²) in [5.41, 5.74) is 0. The fourth-order valence-corrected chi connectivity index (χ4v) is 1.32. The highest BCUT2D eigenvalue weighted by molar-refractivity contribution is 7.95. The van der Waals surface area contributed by atoms with Gasteiger partial charge in [0.15, 0.2) is 0 Å². The van der Waals surface area contributed by atoms with Crippen molar-refractivity contribution in [1.82, 2.24) is 0 Å². The summed E-state index contributed by atoms with van der Waals surface area (Å²) in [5, 5.41) is 10.5. The van der Waals surface area contributed by atoms with Crippen LogP contribution in [0.4, 0.5) is 0 Å². The van der Waals surface area contributed by atoms with Crippen molar-refractivity contribution in [2.24, 2.45) is 0 Å². The van der Waals surface area contributed by atoms with Gasteiger partial charge in [0, 0.05) is 0 Å². The van der Waals surface area contributed by atoms with Gasteiger partial charge in [0.25, 0.3) is 12.0 Å². The molecule has 1 aromatic carbocycles. The molecule has 1 aromatic rings. The van der Waals surface area contributed by atoms with Crippen molar-refractivity contribution in [3.8, 4) is 5.75 Å². The first-order valence-electron chi connectivity index (χ1n) is 2.74. The molecule has 0 unspecified atom stereocenters. The summed E-state index contributed by atoms with van der Waals surface area (Å²) >= 11 is 0.963. The number of fused-ring (bicyclic) bond motifs is 1. The van der Waals surface area contributed by atoms with Crippen molar-refractivity contribution >= 4 is 12.0 Å². The number of rotatable bonds is 0. The van der Waals surface area contributed by atoms with Crippen LogP contribution in [0.15, 0.2) is 29.2 Å². The number of hydrogen-bond acceptors (Lipinski definition) is 3. The highest BCUT2D eigenvalue weighted by atomic mass is 32.2. The van der Waals surface area contributed by atoms with Crippen LogP contribution in [-0.2, 0) is 4.11 Å². The minimum absolute atomic E-state index is 0.604. The van der Waals surface area contributed by atoms with Gasteiger partial charge in [-0.05, 0) is 12.1 Å². The molecule has 1 heterocycles. The first-order valence-corrected chi connectivity index (χ1v) is 3.48. The van der Waals surface area contributed by atoms with E-state index in [1.54, 1.807) is 6.07 Å². The first-order chi connectivity index (χ1) is 4.86. The molecule has 1 aliphatic rings. The van der Waals surface area contributed by atoms with Crippen LogP contribution in [-0.4, -0.2) is 0 Å². The summed E-state index contributed by atoms with van der Waals surface area (Å²) < 4.78 is 1.22. The van der Waals surface area contributed by atoms with Crippen molar-refractivity contribution < 1.29 is 14.3 Å². The maximum atomic E-state index is 10.5. The molecule has 0 atom stereocenters. The molecule has 3 nitrogen and oxygen atoms in total. The molecular formula is C6H4O3S. The van der Waals surface area contributed by atoms with Crippen LogP contribution in [0.2, 0.25) is 0 Å². The molecule has 4 heteroatoms. The van der Waals surface area contributed by atoms with Crippen LogP contribution >= 0.6 is 12.0 Å². The molecule has 0 saturated heterocycles. The van der Waals surface area contributed by atoms with Gasteiger partial charge in [0.1, 0.15) is 4.90 Å². The van der Waals surface area contributed by atoms with Crippen molar-refractivity contribution in [3.05, 3.63) is 24.3 Å². The molecule has 0 spiro atoms. The highest BCUT2D eigenvalue weighted by Gasteiger charge is 2.25. The lowest BCUT2D eigenvalue weighted by Crippen LogP contribution is -2.18. The van der Waals surface area contributed by atoms with E-state index in [1.807, 2.05) is 18.2 Å². The van der Waals surface area contributed by atoms with E-state index in [9.17, 15) is 5.26 Å². The fraction of sp³-hybridized carbons (Fsp3) is 0. The first kappa shape index (κ1) is 6.03. The molecule has 52 valence electrons. The maximum Gasteiger partial charge on any atom is 0.294 e. The minimum Gasteiger partial charge on any atom is -0.456 e. The second-order valence-electron chi connectivity index (χ2n) is 1.82. The zero-order chi connectivity index (χ0) is 6.97. The summed E-state index contributed by atoms with van der Waals surface area (Å²) in [6, 6.07) is 7.24. The Balaban J connectivity index is 2.42. The summed E-state index contributed by atoms with van der Waals surface area (Å²) in [4.78, 5) is 5.50. The molecule has 0 N–H and O–H groups in total. The van der Waals surface area contributed by atoms with Crippen molar-refractivity contribution in [2.75, 3.05) is 0 Å². The normalized spacial score (nSPS) is 16.5. The lowest BCUT2D eigenvalue weighted by atomic mass is 10.3. The molecule has 1 aliphatic heterocycles. The zero-order valence-corrected chi connectivity index (χ0v) is 5.76. The number of hydrogen-bond donors (Lipinski definition) is 0. The second-order valence-corrected chi connectivity index (χ2v) is 2.70. The second kappa shape index (κ2) is 2.16. The standard InChI is InChI=1S/C6H4O3S/c7-9-8-5-3-1-2-4-6(5)10-9/h1-4H. The molecule has 10 heavy (non-hydrogen) atoms. The van der Waals surface area contributed by atoms with Gasteiger partial charge in [-0.15, -0.1) is 4.11 Å². The smallest absolute Gasteiger partial charge is 0.294 e. The molecule has 0 saturated carbocycles. The molecular weight excluding hydrogens is 152 g/mol. The van der Waals surface area contributed by atoms with E-state index in [1.165, 1.54) is 4.11 Å². The van der Waals surface area contributed by atoms with Gasteiger partial charge in [-0.2, -0.15) is 0 Å². The third-order valence-corrected chi connectivity index (χ3v) is 1.89. The van der Waals surface area contributed by atoms with Crippen LogP contribution in [0.5, 0.6) is 5.75 Å².